The number of anilines is 1. The lowest BCUT2D eigenvalue weighted by atomic mass is 9.85. The van der Waals surface area contributed by atoms with Crippen molar-refractivity contribution in [2.75, 3.05) is 5.32 Å². The van der Waals surface area contributed by atoms with Crippen LogP contribution >= 0.6 is 11.6 Å². The van der Waals surface area contributed by atoms with Gasteiger partial charge in [-0.25, -0.2) is 4.98 Å². The number of nitrogens with one attached hydrogen (secondary N) is 1. The standard InChI is InChI=1S/C20H26ClN5O/c1-20(2)8-17-15(9-24-26(17)11-20)14-7-18(23-10-16(14)21)25-19(27)12-4-3-5-13(22)6-12/h7,9-10,12-13H,3-6,8,11,22H2,1-2H3,(H,23,25,27)/t12-,13-/m1/s1. The van der Waals surface area contributed by atoms with E-state index in [4.69, 9.17) is 17.3 Å². The maximum absolute atomic E-state index is 12.6. The van der Waals surface area contributed by atoms with Gasteiger partial charge in [0.15, 0.2) is 0 Å². The van der Waals surface area contributed by atoms with Gasteiger partial charge < -0.3 is 11.1 Å². The molecule has 0 saturated heterocycles. The van der Waals surface area contributed by atoms with Gasteiger partial charge in [0, 0.05) is 41.5 Å². The van der Waals surface area contributed by atoms with Crippen LogP contribution in [-0.2, 0) is 17.8 Å². The van der Waals surface area contributed by atoms with Crippen molar-refractivity contribution in [3.05, 3.63) is 29.2 Å². The summed E-state index contributed by atoms with van der Waals surface area (Å²) in [7, 11) is 0. The summed E-state index contributed by atoms with van der Waals surface area (Å²) in [6.45, 7) is 5.37. The molecule has 1 saturated carbocycles. The summed E-state index contributed by atoms with van der Waals surface area (Å²) in [5.41, 5.74) is 9.27. The molecular formula is C20H26ClN5O. The summed E-state index contributed by atoms with van der Waals surface area (Å²) in [5, 5.41) is 8.04. The second kappa shape index (κ2) is 6.91. The van der Waals surface area contributed by atoms with E-state index in [1.807, 2.05) is 16.9 Å². The molecule has 0 spiro atoms. The largest absolute Gasteiger partial charge is 0.328 e. The number of halogens is 1. The topological polar surface area (TPSA) is 85.8 Å². The van der Waals surface area contributed by atoms with Crippen LogP contribution in [0.3, 0.4) is 0 Å². The Morgan fingerprint density at radius 2 is 2.15 bits per heavy atom. The first-order valence-electron chi connectivity index (χ1n) is 9.59. The number of nitrogens with two attached hydrogens (primary N) is 1. The van der Waals surface area contributed by atoms with Crippen molar-refractivity contribution in [2.24, 2.45) is 17.1 Å². The number of carbonyl (C=O) groups excluding carboxylic acids is 1. The van der Waals surface area contributed by atoms with Crippen molar-refractivity contribution < 1.29 is 4.79 Å². The summed E-state index contributed by atoms with van der Waals surface area (Å²) in [5.74, 6) is 0.471. The van der Waals surface area contributed by atoms with Crippen LogP contribution < -0.4 is 11.1 Å². The minimum absolute atomic E-state index is 0.00714. The smallest absolute Gasteiger partial charge is 0.228 e. The number of carbonyl (C=O) groups is 1. The predicted octanol–water partition coefficient (Wildman–Crippen LogP) is 3.64. The van der Waals surface area contributed by atoms with Gasteiger partial charge in [-0.05, 0) is 37.2 Å². The number of rotatable bonds is 3. The van der Waals surface area contributed by atoms with Gasteiger partial charge in [-0.1, -0.05) is 31.9 Å². The fourth-order valence-corrected chi connectivity index (χ4v) is 4.49. The summed E-state index contributed by atoms with van der Waals surface area (Å²) in [6, 6.07) is 1.97. The molecule has 3 heterocycles. The third-order valence-electron chi connectivity index (χ3n) is 5.65. The second-order valence-electron chi connectivity index (χ2n) is 8.67. The molecule has 0 radical (unpaired) electrons. The summed E-state index contributed by atoms with van der Waals surface area (Å²) < 4.78 is 2.05. The van der Waals surface area contributed by atoms with Gasteiger partial charge in [0.2, 0.25) is 5.91 Å². The number of nitrogens with zero attached hydrogens (tertiary/aromatic N) is 3. The molecule has 2 aliphatic rings. The molecule has 1 fully saturated rings. The van der Waals surface area contributed by atoms with Gasteiger partial charge in [0.05, 0.1) is 11.2 Å². The van der Waals surface area contributed by atoms with Gasteiger partial charge in [0.25, 0.3) is 0 Å². The third-order valence-corrected chi connectivity index (χ3v) is 5.96. The molecule has 144 valence electrons. The van der Waals surface area contributed by atoms with Crippen molar-refractivity contribution in [3.63, 3.8) is 0 Å². The molecule has 1 amide bonds. The fraction of sp³-hybridized carbons (Fsp3) is 0.550. The highest BCUT2D eigenvalue weighted by molar-refractivity contribution is 6.33. The summed E-state index contributed by atoms with van der Waals surface area (Å²) >= 11 is 6.44. The normalized spacial score (nSPS) is 23.9. The first kappa shape index (κ1) is 18.4. The zero-order valence-corrected chi connectivity index (χ0v) is 16.6. The number of fused-ring (bicyclic) bond motifs is 1. The molecule has 1 aliphatic heterocycles. The maximum atomic E-state index is 12.6. The van der Waals surface area contributed by atoms with Gasteiger partial charge in [-0.3, -0.25) is 9.48 Å². The molecule has 1 aliphatic carbocycles. The zero-order chi connectivity index (χ0) is 19.2. The average Bonchev–Trinajstić information content (AvgIpc) is 3.11. The quantitative estimate of drug-likeness (QED) is 0.841. The van der Waals surface area contributed by atoms with E-state index < -0.39 is 0 Å². The van der Waals surface area contributed by atoms with E-state index in [2.05, 4.69) is 29.2 Å². The first-order valence-corrected chi connectivity index (χ1v) is 9.97. The molecule has 4 rings (SSSR count). The molecule has 7 heteroatoms. The molecule has 6 nitrogen and oxygen atoms in total. The fourth-order valence-electron chi connectivity index (χ4n) is 4.28. The van der Waals surface area contributed by atoms with E-state index in [0.29, 0.717) is 10.8 Å². The molecule has 0 unspecified atom stereocenters. The van der Waals surface area contributed by atoms with E-state index in [-0.39, 0.29) is 23.3 Å². The molecule has 2 atom stereocenters. The van der Waals surface area contributed by atoms with Crippen LogP contribution in [0.4, 0.5) is 5.82 Å². The Balaban J connectivity index is 1.57. The van der Waals surface area contributed by atoms with Crippen molar-refractivity contribution in [1.29, 1.82) is 0 Å². The number of aromatic nitrogens is 3. The second-order valence-corrected chi connectivity index (χ2v) is 9.07. The Bertz CT molecular complexity index is 875. The molecule has 0 aromatic carbocycles. The highest BCUT2D eigenvalue weighted by atomic mass is 35.5. The van der Waals surface area contributed by atoms with Crippen LogP contribution in [0.15, 0.2) is 18.5 Å². The third kappa shape index (κ3) is 3.73. The Hall–Kier alpha value is -1.92. The van der Waals surface area contributed by atoms with Crippen LogP contribution in [-0.4, -0.2) is 26.7 Å². The van der Waals surface area contributed by atoms with Gasteiger partial charge in [-0.2, -0.15) is 5.10 Å². The van der Waals surface area contributed by atoms with Crippen LogP contribution in [0.25, 0.3) is 11.1 Å². The monoisotopic (exact) mass is 387 g/mol. The van der Waals surface area contributed by atoms with Crippen LogP contribution in [0, 0.1) is 11.3 Å². The minimum Gasteiger partial charge on any atom is -0.328 e. The molecule has 2 aromatic rings. The van der Waals surface area contributed by atoms with E-state index in [1.54, 1.807) is 6.20 Å². The highest BCUT2D eigenvalue weighted by Gasteiger charge is 2.32. The SMILES string of the molecule is CC1(C)Cc2c(-c3cc(NC(=O)[C@@H]4CCC[C@@H](N)C4)ncc3Cl)cnn2C1. The Morgan fingerprint density at radius 1 is 1.33 bits per heavy atom. The summed E-state index contributed by atoms with van der Waals surface area (Å²) in [4.78, 5) is 16.9. The zero-order valence-electron chi connectivity index (χ0n) is 15.8. The predicted molar refractivity (Wildman–Crippen MR) is 107 cm³/mol. The minimum atomic E-state index is -0.0455. The lowest BCUT2D eigenvalue weighted by Gasteiger charge is -2.25. The van der Waals surface area contributed by atoms with Crippen LogP contribution in [0.1, 0.15) is 45.2 Å². The van der Waals surface area contributed by atoms with E-state index >= 15 is 0 Å². The molecule has 3 N–H and O–H groups in total. The Kier molecular flexibility index (Phi) is 4.72. The summed E-state index contributed by atoms with van der Waals surface area (Å²) in [6.07, 6.45) is 8.01. The number of amides is 1. The lowest BCUT2D eigenvalue weighted by molar-refractivity contribution is -0.120. The van der Waals surface area contributed by atoms with Crippen LogP contribution in [0.5, 0.6) is 0 Å². The first-order chi connectivity index (χ1) is 12.8. The molecular weight excluding hydrogens is 362 g/mol. The van der Waals surface area contributed by atoms with Crippen LogP contribution in [0.2, 0.25) is 5.02 Å². The number of pyridine rings is 1. The van der Waals surface area contributed by atoms with Gasteiger partial charge in [-0.15, -0.1) is 0 Å². The van der Waals surface area contributed by atoms with Crippen molar-refractivity contribution in [1.82, 2.24) is 14.8 Å². The Morgan fingerprint density at radius 3 is 2.93 bits per heavy atom. The van der Waals surface area contributed by atoms with Gasteiger partial charge >= 0.3 is 0 Å². The lowest BCUT2D eigenvalue weighted by Crippen LogP contribution is -2.34. The van der Waals surface area contributed by atoms with Crippen molar-refractivity contribution in [2.45, 2.75) is 58.5 Å². The Labute approximate surface area is 164 Å². The number of hydrogen-bond donors (Lipinski definition) is 2. The van der Waals surface area contributed by atoms with E-state index in [0.717, 1.165) is 49.8 Å². The van der Waals surface area contributed by atoms with Crippen molar-refractivity contribution in [3.8, 4) is 11.1 Å². The highest BCUT2D eigenvalue weighted by Crippen LogP contribution is 2.39. The number of hydrogen-bond acceptors (Lipinski definition) is 4. The average molecular weight is 388 g/mol. The van der Waals surface area contributed by atoms with E-state index in [9.17, 15) is 4.79 Å². The molecule has 0 bridgehead atoms. The van der Waals surface area contributed by atoms with Crippen molar-refractivity contribution >= 4 is 23.3 Å². The molecule has 2 aromatic heterocycles. The molecule has 27 heavy (non-hydrogen) atoms. The van der Waals surface area contributed by atoms with E-state index in [1.165, 1.54) is 5.69 Å². The maximum Gasteiger partial charge on any atom is 0.228 e. The van der Waals surface area contributed by atoms with Gasteiger partial charge in [0.1, 0.15) is 5.82 Å².